The fourth-order valence-electron chi connectivity index (χ4n) is 3.88. The first-order valence-corrected chi connectivity index (χ1v) is 7.53. The molecule has 3 atom stereocenters. The molecule has 2 aliphatic carbocycles. The molecule has 0 heterocycles. The first-order valence-electron chi connectivity index (χ1n) is 7.53. The molecule has 0 aromatic rings. The largest absolute Gasteiger partial charge is 0.393 e. The molecule has 0 bridgehead atoms. The summed E-state index contributed by atoms with van der Waals surface area (Å²) < 4.78 is 0. The van der Waals surface area contributed by atoms with Gasteiger partial charge in [0.2, 0.25) is 0 Å². The van der Waals surface area contributed by atoms with Crippen molar-refractivity contribution in [3.8, 4) is 0 Å². The zero-order valence-corrected chi connectivity index (χ0v) is 11.1. The standard InChI is InChI=1S/C15H28O2/c1-11(14-4-2-3-5-15(14)17)10-12-6-8-13(16)9-7-12/h11-17H,2-10H2,1H3. The number of rotatable bonds is 3. The molecule has 0 spiro atoms. The van der Waals surface area contributed by atoms with Crippen molar-refractivity contribution in [2.45, 2.75) is 76.9 Å². The van der Waals surface area contributed by atoms with Crippen molar-refractivity contribution in [3.05, 3.63) is 0 Å². The van der Waals surface area contributed by atoms with E-state index in [-0.39, 0.29) is 12.2 Å². The summed E-state index contributed by atoms with van der Waals surface area (Å²) in [6, 6.07) is 0. The maximum absolute atomic E-state index is 10.1. The highest BCUT2D eigenvalue weighted by atomic mass is 16.3. The van der Waals surface area contributed by atoms with Gasteiger partial charge in [0.1, 0.15) is 0 Å². The number of hydrogen-bond acceptors (Lipinski definition) is 2. The molecule has 3 unspecified atom stereocenters. The summed E-state index contributed by atoms with van der Waals surface area (Å²) in [5.41, 5.74) is 0. The van der Waals surface area contributed by atoms with Gasteiger partial charge in [-0.05, 0) is 62.7 Å². The van der Waals surface area contributed by atoms with Crippen LogP contribution >= 0.6 is 0 Å². The molecule has 100 valence electrons. The van der Waals surface area contributed by atoms with Crippen LogP contribution < -0.4 is 0 Å². The lowest BCUT2D eigenvalue weighted by Gasteiger charge is -2.35. The summed E-state index contributed by atoms with van der Waals surface area (Å²) in [6.07, 6.45) is 10.3. The lowest BCUT2D eigenvalue weighted by atomic mass is 9.73. The minimum atomic E-state index is -0.0482. The Morgan fingerprint density at radius 2 is 1.59 bits per heavy atom. The van der Waals surface area contributed by atoms with Crippen LogP contribution in [0.3, 0.4) is 0 Å². The Hall–Kier alpha value is -0.0800. The molecule has 2 aliphatic rings. The topological polar surface area (TPSA) is 40.5 Å². The molecule has 0 aromatic heterocycles. The van der Waals surface area contributed by atoms with Crippen LogP contribution in [0.2, 0.25) is 0 Å². The van der Waals surface area contributed by atoms with E-state index in [9.17, 15) is 10.2 Å². The van der Waals surface area contributed by atoms with Gasteiger partial charge in [-0.15, -0.1) is 0 Å². The van der Waals surface area contributed by atoms with Gasteiger partial charge in [-0.3, -0.25) is 0 Å². The molecule has 2 heteroatoms. The molecule has 0 radical (unpaired) electrons. The van der Waals surface area contributed by atoms with Crippen LogP contribution in [0, 0.1) is 17.8 Å². The van der Waals surface area contributed by atoms with Gasteiger partial charge in [0.25, 0.3) is 0 Å². The fraction of sp³-hybridized carbons (Fsp3) is 1.00. The third kappa shape index (κ3) is 3.69. The van der Waals surface area contributed by atoms with Gasteiger partial charge in [0.15, 0.2) is 0 Å². The van der Waals surface area contributed by atoms with Crippen molar-refractivity contribution in [2.24, 2.45) is 17.8 Å². The molecule has 0 aliphatic heterocycles. The van der Waals surface area contributed by atoms with Gasteiger partial charge < -0.3 is 10.2 Å². The van der Waals surface area contributed by atoms with Crippen molar-refractivity contribution in [1.82, 2.24) is 0 Å². The predicted octanol–water partition coefficient (Wildman–Crippen LogP) is 3.11. The highest BCUT2D eigenvalue weighted by Crippen LogP contribution is 2.37. The molecule has 0 amide bonds. The predicted molar refractivity (Wildman–Crippen MR) is 69.7 cm³/mol. The van der Waals surface area contributed by atoms with Gasteiger partial charge in [-0.25, -0.2) is 0 Å². The normalized spacial score (nSPS) is 41.1. The highest BCUT2D eigenvalue weighted by molar-refractivity contribution is 4.81. The van der Waals surface area contributed by atoms with Gasteiger partial charge >= 0.3 is 0 Å². The number of aliphatic hydroxyl groups excluding tert-OH is 2. The maximum atomic E-state index is 10.1. The van der Waals surface area contributed by atoms with Crippen molar-refractivity contribution < 1.29 is 10.2 Å². The van der Waals surface area contributed by atoms with Gasteiger partial charge in [0.05, 0.1) is 12.2 Å². The molecule has 2 rings (SSSR count). The zero-order valence-electron chi connectivity index (χ0n) is 11.1. The van der Waals surface area contributed by atoms with E-state index in [1.54, 1.807) is 0 Å². The Labute approximate surface area is 105 Å². The first-order chi connectivity index (χ1) is 8.16. The van der Waals surface area contributed by atoms with E-state index in [0.717, 1.165) is 25.2 Å². The zero-order chi connectivity index (χ0) is 12.3. The van der Waals surface area contributed by atoms with Gasteiger partial charge in [-0.1, -0.05) is 19.8 Å². The average molecular weight is 240 g/mol. The van der Waals surface area contributed by atoms with E-state index in [4.69, 9.17) is 0 Å². The van der Waals surface area contributed by atoms with Crippen LogP contribution in [0.5, 0.6) is 0 Å². The quantitative estimate of drug-likeness (QED) is 0.795. The van der Waals surface area contributed by atoms with Crippen LogP contribution in [0.1, 0.15) is 64.7 Å². The lowest BCUT2D eigenvalue weighted by Crippen LogP contribution is -2.31. The smallest absolute Gasteiger partial charge is 0.0570 e. The van der Waals surface area contributed by atoms with Crippen LogP contribution in [-0.2, 0) is 0 Å². The van der Waals surface area contributed by atoms with Crippen LogP contribution in [0.25, 0.3) is 0 Å². The Morgan fingerprint density at radius 3 is 2.24 bits per heavy atom. The summed E-state index contributed by atoms with van der Waals surface area (Å²) in [7, 11) is 0. The molecule has 2 saturated carbocycles. The minimum Gasteiger partial charge on any atom is -0.393 e. The molecule has 2 nitrogen and oxygen atoms in total. The SMILES string of the molecule is CC(CC1CCC(O)CC1)C1CCCCC1O. The summed E-state index contributed by atoms with van der Waals surface area (Å²) >= 11 is 0. The summed E-state index contributed by atoms with van der Waals surface area (Å²) in [5.74, 6) is 1.99. The Balaban J connectivity index is 1.77. The molecule has 17 heavy (non-hydrogen) atoms. The second kappa shape index (κ2) is 6.19. The summed E-state index contributed by atoms with van der Waals surface area (Å²) in [6.45, 7) is 2.32. The van der Waals surface area contributed by atoms with Gasteiger partial charge in [0, 0.05) is 0 Å². The van der Waals surface area contributed by atoms with Crippen molar-refractivity contribution in [3.63, 3.8) is 0 Å². The van der Waals surface area contributed by atoms with E-state index in [1.165, 1.54) is 38.5 Å². The molecular formula is C15H28O2. The van der Waals surface area contributed by atoms with Crippen molar-refractivity contribution in [1.29, 1.82) is 0 Å². The minimum absolute atomic E-state index is 0.0400. The lowest BCUT2D eigenvalue weighted by molar-refractivity contribution is 0.0284. The second-order valence-corrected chi connectivity index (χ2v) is 6.40. The summed E-state index contributed by atoms with van der Waals surface area (Å²) in [5, 5.41) is 19.6. The van der Waals surface area contributed by atoms with E-state index in [0.29, 0.717) is 11.8 Å². The van der Waals surface area contributed by atoms with E-state index in [2.05, 4.69) is 6.92 Å². The molecular weight excluding hydrogens is 212 g/mol. The molecule has 2 N–H and O–H groups in total. The maximum Gasteiger partial charge on any atom is 0.0570 e. The monoisotopic (exact) mass is 240 g/mol. The summed E-state index contributed by atoms with van der Waals surface area (Å²) in [4.78, 5) is 0. The Bertz CT molecular complexity index is 221. The van der Waals surface area contributed by atoms with Crippen LogP contribution in [-0.4, -0.2) is 22.4 Å². The second-order valence-electron chi connectivity index (χ2n) is 6.40. The van der Waals surface area contributed by atoms with Gasteiger partial charge in [-0.2, -0.15) is 0 Å². The first kappa shape index (κ1) is 13.4. The van der Waals surface area contributed by atoms with E-state index < -0.39 is 0 Å². The van der Waals surface area contributed by atoms with E-state index in [1.807, 2.05) is 0 Å². The average Bonchev–Trinajstić information content (AvgIpc) is 2.32. The van der Waals surface area contributed by atoms with E-state index >= 15 is 0 Å². The Kier molecular flexibility index (Phi) is 4.87. The van der Waals surface area contributed by atoms with Crippen molar-refractivity contribution in [2.75, 3.05) is 0 Å². The molecule has 2 fully saturated rings. The third-order valence-corrected chi connectivity index (χ3v) is 5.03. The van der Waals surface area contributed by atoms with Crippen LogP contribution in [0.15, 0.2) is 0 Å². The van der Waals surface area contributed by atoms with Crippen molar-refractivity contribution >= 4 is 0 Å². The van der Waals surface area contributed by atoms with Crippen LogP contribution in [0.4, 0.5) is 0 Å². The molecule has 0 aromatic carbocycles. The highest BCUT2D eigenvalue weighted by Gasteiger charge is 2.30. The number of hydrogen-bond donors (Lipinski definition) is 2. The number of aliphatic hydroxyl groups is 2. The molecule has 0 saturated heterocycles. The Morgan fingerprint density at radius 1 is 0.941 bits per heavy atom. The fourth-order valence-corrected chi connectivity index (χ4v) is 3.88. The third-order valence-electron chi connectivity index (χ3n) is 5.03.